The van der Waals surface area contributed by atoms with Crippen LogP contribution >= 0.6 is 15.9 Å². The number of amides is 1. The molecule has 88 valence electrons. The summed E-state index contributed by atoms with van der Waals surface area (Å²) in [6, 6.07) is 1.93. The van der Waals surface area contributed by atoms with Crippen LogP contribution in [0, 0.1) is 12.8 Å². The molecule has 0 aromatic carbocycles. The van der Waals surface area contributed by atoms with Crippen molar-refractivity contribution in [1.82, 2.24) is 10.5 Å². The molecule has 0 aliphatic heterocycles. The summed E-state index contributed by atoms with van der Waals surface area (Å²) in [6.45, 7) is 1.78. The van der Waals surface area contributed by atoms with Crippen LogP contribution in [0.2, 0.25) is 0 Å². The largest absolute Gasteiger partial charge is 0.361 e. The van der Waals surface area contributed by atoms with Crippen molar-refractivity contribution in [2.45, 2.75) is 32.2 Å². The lowest BCUT2D eigenvalue weighted by molar-refractivity contribution is 0.0921. The number of carbonyl (C=O) groups is 1. The van der Waals surface area contributed by atoms with Crippen molar-refractivity contribution in [2.75, 3.05) is 5.33 Å². The molecule has 5 heteroatoms. The molecule has 0 bridgehead atoms. The van der Waals surface area contributed by atoms with E-state index in [4.69, 9.17) is 4.52 Å². The van der Waals surface area contributed by atoms with E-state index < -0.39 is 0 Å². The molecule has 1 fully saturated rings. The van der Waals surface area contributed by atoms with Gasteiger partial charge in [0.2, 0.25) is 0 Å². The number of hydrogen-bond donors (Lipinski definition) is 1. The van der Waals surface area contributed by atoms with Crippen LogP contribution < -0.4 is 5.32 Å². The first-order valence-corrected chi connectivity index (χ1v) is 6.63. The lowest BCUT2D eigenvalue weighted by Gasteiger charge is -2.17. The maximum Gasteiger partial charge on any atom is 0.273 e. The number of carbonyl (C=O) groups excluding carboxylic acids is 1. The van der Waals surface area contributed by atoms with Crippen molar-refractivity contribution >= 4 is 21.8 Å². The quantitative estimate of drug-likeness (QED) is 0.868. The number of alkyl halides is 1. The number of nitrogens with one attached hydrogen (secondary N) is 1. The molecular weight excluding hydrogens is 272 g/mol. The Morgan fingerprint density at radius 3 is 3.12 bits per heavy atom. The molecule has 1 saturated carbocycles. The predicted octanol–water partition coefficient (Wildman–Crippen LogP) is 2.28. The van der Waals surface area contributed by atoms with Crippen molar-refractivity contribution in [3.63, 3.8) is 0 Å². The molecule has 1 N–H and O–H groups in total. The first kappa shape index (κ1) is 11.6. The van der Waals surface area contributed by atoms with E-state index in [2.05, 4.69) is 26.4 Å². The molecule has 4 nitrogen and oxygen atoms in total. The van der Waals surface area contributed by atoms with Crippen molar-refractivity contribution in [3.05, 3.63) is 17.5 Å². The second-order valence-corrected chi connectivity index (χ2v) is 4.90. The van der Waals surface area contributed by atoms with Crippen LogP contribution in [0.4, 0.5) is 0 Å². The molecule has 0 spiro atoms. The zero-order valence-electron chi connectivity index (χ0n) is 9.20. The summed E-state index contributed by atoms with van der Waals surface area (Å²) in [5.41, 5.74) is 0.373. The third-order valence-corrected chi connectivity index (χ3v) is 3.87. The van der Waals surface area contributed by atoms with Gasteiger partial charge in [0.1, 0.15) is 5.76 Å². The van der Waals surface area contributed by atoms with Gasteiger partial charge >= 0.3 is 0 Å². The van der Waals surface area contributed by atoms with Gasteiger partial charge in [-0.3, -0.25) is 4.79 Å². The van der Waals surface area contributed by atoms with Gasteiger partial charge in [0.05, 0.1) is 0 Å². The summed E-state index contributed by atoms with van der Waals surface area (Å²) in [4.78, 5) is 11.8. The summed E-state index contributed by atoms with van der Waals surface area (Å²) < 4.78 is 4.88. The smallest absolute Gasteiger partial charge is 0.273 e. The molecule has 1 aliphatic rings. The summed E-state index contributed by atoms with van der Waals surface area (Å²) in [5, 5.41) is 7.67. The number of rotatable bonds is 3. The van der Waals surface area contributed by atoms with Gasteiger partial charge in [-0.1, -0.05) is 27.5 Å². The fourth-order valence-electron chi connectivity index (χ4n) is 2.13. The van der Waals surface area contributed by atoms with Gasteiger partial charge in [0, 0.05) is 17.4 Å². The Hall–Kier alpha value is -0.840. The van der Waals surface area contributed by atoms with E-state index in [9.17, 15) is 4.79 Å². The molecule has 2 unspecified atom stereocenters. The predicted molar refractivity (Wildman–Crippen MR) is 63.6 cm³/mol. The van der Waals surface area contributed by atoms with E-state index in [0.717, 1.165) is 11.8 Å². The monoisotopic (exact) mass is 286 g/mol. The zero-order chi connectivity index (χ0) is 11.5. The SMILES string of the molecule is Cc1cc(C(=O)NC2CCCC2CBr)no1. The zero-order valence-corrected chi connectivity index (χ0v) is 10.8. The minimum absolute atomic E-state index is 0.130. The van der Waals surface area contributed by atoms with Gasteiger partial charge in [0.15, 0.2) is 5.69 Å². The molecule has 1 aromatic rings. The molecule has 16 heavy (non-hydrogen) atoms. The first-order valence-electron chi connectivity index (χ1n) is 5.51. The van der Waals surface area contributed by atoms with Crippen LogP contribution in [0.5, 0.6) is 0 Å². The fourth-order valence-corrected chi connectivity index (χ4v) is 2.90. The topological polar surface area (TPSA) is 55.1 Å². The number of nitrogens with zero attached hydrogens (tertiary/aromatic N) is 1. The Balaban J connectivity index is 1.97. The number of halogens is 1. The molecule has 0 saturated heterocycles. The van der Waals surface area contributed by atoms with E-state index in [1.807, 2.05) is 0 Å². The van der Waals surface area contributed by atoms with Gasteiger partial charge in [0.25, 0.3) is 5.91 Å². The van der Waals surface area contributed by atoms with E-state index in [1.165, 1.54) is 12.8 Å². The second kappa shape index (κ2) is 4.99. The average Bonchev–Trinajstić information content (AvgIpc) is 2.86. The Bertz CT molecular complexity index is 378. The highest BCUT2D eigenvalue weighted by atomic mass is 79.9. The highest BCUT2D eigenvalue weighted by Gasteiger charge is 2.28. The van der Waals surface area contributed by atoms with E-state index >= 15 is 0 Å². The van der Waals surface area contributed by atoms with Crippen LogP contribution in [0.25, 0.3) is 0 Å². The van der Waals surface area contributed by atoms with Crippen LogP contribution in [0.1, 0.15) is 35.5 Å². The van der Waals surface area contributed by atoms with Gasteiger partial charge in [-0.2, -0.15) is 0 Å². The molecule has 0 radical (unpaired) electrons. The molecule has 1 aromatic heterocycles. The van der Waals surface area contributed by atoms with Crippen molar-refractivity contribution in [2.24, 2.45) is 5.92 Å². The third-order valence-electron chi connectivity index (χ3n) is 3.03. The summed E-state index contributed by atoms with van der Waals surface area (Å²) in [7, 11) is 0. The van der Waals surface area contributed by atoms with Crippen molar-refractivity contribution < 1.29 is 9.32 Å². The highest BCUT2D eigenvalue weighted by molar-refractivity contribution is 9.09. The Morgan fingerprint density at radius 1 is 1.69 bits per heavy atom. The Labute approximate surface area is 103 Å². The Morgan fingerprint density at radius 2 is 2.50 bits per heavy atom. The highest BCUT2D eigenvalue weighted by Crippen LogP contribution is 2.27. The average molecular weight is 287 g/mol. The molecule has 2 rings (SSSR count). The van der Waals surface area contributed by atoms with Crippen LogP contribution in [-0.2, 0) is 0 Å². The lowest BCUT2D eigenvalue weighted by Crippen LogP contribution is -2.38. The molecule has 1 amide bonds. The third kappa shape index (κ3) is 2.45. The normalized spacial score (nSPS) is 24.6. The molecular formula is C11H15BrN2O2. The number of aryl methyl sites for hydroxylation is 1. The number of aromatic nitrogens is 1. The maximum absolute atomic E-state index is 11.8. The standard InChI is InChI=1S/C11H15BrN2O2/c1-7-5-10(14-16-7)11(15)13-9-4-2-3-8(9)6-12/h5,8-9H,2-4,6H2,1H3,(H,13,15). The molecule has 1 aliphatic carbocycles. The van der Waals surface area contributed by atoms with Crippen LogP contribution in [0.15, 0.2) is 10.6 Å². The summed E-state index contributed by atoms with van der Waals surface area (Å²) in [5.74, 6) is 1.07. The van der Waals surface area contributed by atoms with Gasteiger partial charge in [-0.15, -0.1) is 0 Å². The lowest BCUT2D eigenvalue weighted by atomic mass is 10.1. The molecule has 1 heterocycles. The summed E-state index contributed by atoms with van der Waals surface area (Å²) in [6.07, 6.45) is 3.41. The van der Waals surface area contributed by atoms with E-state index in [-0.39, 0.29) is 11.9 Å². The van der Waals surface area contributed by atoms with Crippen LogP contribution in [0.3, 0.4) is 0 Å². The summed E-state index contributed by atoms with van der Waals surface area (Å²) >= 11 is 3.48. The van der Waals surface area contributed by atoms with Crippen LogP contribution in [-0.4, -0.2) is 22.4 Å². The minimum Gasteiger partial charge on any atom is -0.361 e. The van der Waals surface area contributed by atoms with Gasteiger partial charge < -0.3 is 9.84 Å². The fraction of sp³-hybridized carbons (Fsp3) is 0.636. The van der Waals surface area contributed by atoms with E-state index in [0.29, 0.717) is 17.4 Å². The van der Waals surface area contributed by atoms with Crippen molar-refractivity contribution in [3.8, 4) is 0 Å². The Kier molecular flexibility index (Phi) is 3.63. The second-order valence-electron chi connectivity index (χ2n) is 4.25. The molecule has 2 atom stereocenters. The minimum atomic E-state index is -0.130. The number of hydrogen-bond acceptors (Lipinski definition) is 3. The van der Waals surface area contributed by atoms with Gasteiger partial charge in [-0.25, -0.2) is 0 Å². The van der Waals surface area contributed by atoms with Crippen molar-refractivity contribution in [1.29, 1.82) is 0 Å². The van der Waals surface area contributed by atoms with Gasteiger partial charge in [-0.05, 0) is 25.7 Å². The van der Waals surface area contributed by atoms with E-state index in [1.54, 1.807) is 13.0 Å². The maximum atomic E-state index is 11.8. The first-order chi connectivity index (χ1) is 7.70.